The summed E-state index contributed by atoms with van der Waals surface area (Å²) in [4.78, 5) is 10.3. The van der Waals surface area contributed by atoms with E-state index in [2.05, 4.69) is 5.32 Å². The molecule has 17 heavy (non-hydrogen) atoms. The molecule has 0 saturated heterocycles. The van der Waals surface area contributed by atoms with Crippen LogP contribution in [0.15, 0.2) is 18.2 Å². The fourth-order valence-electron chi connectivity index (χ4n) is 1.34. The maximum Gasteiger partial charge on any atom is 0.275 e. The summed E-state index contributed by atoms with van der Waals surface area (Å²) in [7, 11) is 0. The number of benzene rings is 1. The molecule has 1 N–H and O–H groups in total. The smallest absolute Gasteiger partial charge is 0.275 e. The Bertz CT molecular complexity index is 385. The maximum absolute atomic E-state index is 10.8. The average Bonchev–Trinajstić information content (AvgIpc) is 2.29. The first-order valence-corrected chi connectivity index (χ1v) is 6.72. The Kier molecular flexibility index (Phi) is 5.62. The third kappa shape index (κ3) is 4.52. The van der Waals surface area contributed by atoms with Crippen molar-refractivity contribution in [3.05, 3.63) is 28.3 Å². The number of thioether (sulfide) groups is 1. The van der Waals surface area contributed by atoms with Gasteiger partial charge in [0.05, 0.1) is 17.6 Å². The standard InChI is InChI=1S/C11H16N2O3S/c1-3-16-11-7-9(12-4-5-17-2)6-10(8-11)13(14)15/h6-8,12H,3-5H2,1-2H3. The van der Waals surface area contributed by atoms with Crippen LogP contribution in [0.5, 0.6) is 5.75 Å². The normalized spacial score (nSPS) is 10.0. The van der Waals surface area contributed by atoms with E-state index in [9.17, 15) is 10.1 Å². The summed E-state index contributed by atoms with van der Waals surface area (Å²) < 4.78 is 5.29. The van der Waals surface area contributed by atoms with Crippen LogP contribution >= 0.6 is 11.8 Å². The molecule has 0 amide bonds. The van der Waals surface area contributed by atoms with Gasteiger partial charge in [0.25, 0.3) is 5.69 Å². The number of hydrogen-bond acceptors (Lipinski definition) is 5. The van der Waals surface area contributed by atoms with E-state index >= 15 is 0 Å². The van der Waals surface area contributed by atoms with Gasteiger partial charge in [0.1, 0.15) is 5.75 Å². The largest absolute Gasteiger partial charge is 0.494 e. The van der Waals surface area contributed by atoms with E-state index in [0.717, 1.165) is 18.0 Å². The molecule has 0 bridgehead atoms. The van der Waals surface area contributed by atoms with Crippen LogP contribution in [0.3, 0.4) is 0 Å². The maximum atomic E-state index is 10.8. The summed E-state index contributed by atoms with van der Waals surface area (Å²) in [5, 5.41) is 13.9. The minimum atomic E-state index is -0.414. The number of nitro benzene ring substituents is 1. The van der Waals surface area contributed by atoms with Crippen LogP contribution in [0.2, 0.25) is 0 Å². The Morgan fingerprint density at radius 2 is 2.24 bits per heavy atom. The number of rotatable bonds is 7. The summed E-state index contributed by atoms with van der Waals surface area (Å²) in [6.45, 7) is 3.11. The summed E-state index contributed by atoms with van der Waals surface area (Å²) in [5.74, 6) is 1.47. The van der Waals surface area contributed by atoms with E-state index < -0.39 is 4.92 Å². The molecular weight excluding hydrogens is 240 g/mol. The van der Waals surface area contributed by atoms with Gasteiger partial charge in [-0.2, -0.15) is 11.8 Å². The van der Waals surface area contributed by atoms with Crippen molar-refractivity contribution in [2.75, 3.05) is 30.5 Å². The quantitative estimate of drug-likeness (QED) is 0.461. The van der Waals surface area contributed by atoms with Crippen LogP contribution in [0.1, 0.15) is 6.92 Å². The van der Waals surface area contributed by atoms with Gasteiger partial charge in [-0.3, -0.25) is 10.1 Å². The molecular formula is C11H16N2O3S. The van der Waals surface area contributed by atoms with Gasteiger partial charge in [0.2, 0.25) is 0 Å². The predicted octanol–water partition coefficient (Wildman–Crippen LogP) is 2.77. The van der Waals surface area contributed by atoms with Crippen LogP contribution in [0, 0.1) is 10.1 Å². The summed E-state index contributed by atoms with van der Waals surface area (Å²) >= 11 is 1.72. The summed E-state index contributed by atoms with van der Waals surface area (Å²) in [5.41, 5.74) is 0.763. The Hall–Kier alpha value is -1.43. The predicted molar refractivity (Wildman–Crippen MR) is 71.1 cm³/mol. The zero-order chi connectivity index (χ0) is 12.7. The lowest BCUT2D eigenvalue weighted by atomic mass is 10.2. The Morgan fingerprint density at radius 3 is 2.82 bits per heavy atom. The molecule has 0 fully saturated rings. The minimum absolute atomic E-state index is 0.0441. The van der Waals surface area contributed by atoms with Crippen LogP contribution < -0.4 is 10.1 Å². The zero-order valence-corrected chi connectivity index (χ0v) is 10.8. The third-order valence-electron chi connectivity index (χ3n) is 2.05. The van der Waals surface area contributed by atoms with Crippen LogP contribution in [0.4, 0.5) is 11.4 Å². The van der Waals surface area contributed by atoms with Crippen molar-refractivity contribution >= 4 is 23.1 Å². The molecule has 94 valence electrons. The second-order valence-electron chi connectivity index (χ2n) is 3.33. The lowest BCUT2D eigenvalue weighted by molar-refractivity contribution is -0.384. The first-order valence-electron chi connectivity index (χ1n) is 5.32. The van der Waals surface area contributed by atoms with E-state index in [1.807, 2.05) is 13.2 Å². The first kappa shape index (κ1) is 13.6. The highest BCUT2D eigenvalue weighted by atomic mass is 32.2. The van der Waals surface area contributed by atoms with Crippen molar-refractivity contribution in [3.63, 3.8) is 0 Å². The molecule has 1 rings (SSSR count). The van der Waals surface area contributed by atoms with Crippen LogP contribution in [-0.2, 0) is 0 Å². The third-order valence-corrected chi connectivity index (χ3v) is 2.66. The second kappa shape index (κ2) is 7.01. The topological polar surface area (TPSA) is 64.4 Å². The van der Waals surface area contributed by atoms with Crippen LogP contribution in [-0.4, -0.2) is 30.1 Å². The molecule has 5 nitrogen and oxygen atoms in total. The van der Waals surface area contributed by atoms with Gasteiger partial charge in [-0.1, -0.05) is 0 Å². The molecule has 0 unspecified atom stereocenters. The van der Waals surface area contributed by atoms with E-state index in [4.69, 9.17) is 4.74 Å². The van der Waals surface area contributed by atoms with E-state index in [-0.39, 0.29) is 5.69 Å². The Balaban J connectivity index is 2.83. The number of hydrogen-bond donors (Lipinski definition) is 1. The SMILES string of the molecule is CCOc1cc(NCCSC)cc([N+](=O)[O-])c1. The van der Waals surface area contributed by atoms with Gasteiger partial charge in [0, 0.05) is 30.1 Å². The van der Waals surface area contributed by atoms with Gasteiger partial charge in [-0.05, 0) is 13.2 Å². The second-order valence-corrected chi connectivity index (χ2v) is 4.31. The molecule has 0 aliphatic carbocycles. The van der Waals surface area contributed by atoms with Crippen molar-refractivity contribution in [3.8, 4) is 5.75 Å². The molecule has 6 heteroatoms. The number of nitrogens with zero attached hydrogens (tertiary/aromatic N) is 1. The average molecular weight is 256 g/mol. The highest BCUT2D eigenvalue weighted by Gasteiger charge is 2.10. The zero-order valence-electron chi connectivity index (χ0n) is 9.93. The summed E-state index contributed by atoms with van der Waals surface area (Å²) in [6, 6.07) is 4.73. The van der Waals surface area contributed by atoms with Gasteiger partial charge >= 0.3 is 0 Å². The molecule has 0 aliphatic heterocycles. The van der Waals surface area contributed by atoms with E-state index in [1.54, 1.807) is 17.8 Å². The van der Waals surface area contributed by atoms with Gasteiger partial charge < -0.3 is 10.1 Å². The van der Waals surface area contributed by atoms with Gasteiger partial charge in [-0.15, -0.1) is 0 Å². The van der Waals surface area contributed by atoms with Crippen molar-refractivity contribution in [2.45, 2.75) is 6.92 Å². The lowest BCUT2D eigenvalue weighted by Crippen LogP contribution is -2.04. The van der Waals surface area contributed by atoms with Crippen LogP contribution in [0.25, 0.3) is 0 Å². The minimum Gasteiger partial charge on any atom is -0.494 e. The molecule has 0 atom stereocenters. The molecule has 0 heterocycles. The molecule has 1 aromatic rings. The highest BCUT2D eigenvalue weighted by molar-refractivity contribution is 7.98. The van der Waals surface area contributed by atoms with Crippen molar-refractivity contribution in [2.24, 2.45) is 0 Å². The molecule has 1 aromatic carbocycles. The molecule has 0 aromatic heterocycles. The van der Waals surface area contributed by atoms with Crippen molar-refractivity contribution in [1.82, 2.24) is 0 Å². The molecule has 0 spiro atoms. The Morgan fingerprint density at radius 1 is 1.47 bits per heavy atom. The fourth-order valence-corrected chi connectivity index (χ4v) is 1.64. The van der Waals surface area contributed by atoms with E-state index in [0.29, 0.717) is 12.4 Å². The summed E-state index contributed by atoms with van der Waals surface area (Å²) in [6.07, 6.45) is 2.01. The molecule has 0 radical (unpaired) electrons. The molecule has 0 saturated carbocycles. The number of nitrogens with one attached hydrogen (secondary N) is 1. The highest BCUT2D eigenvalue weighted by Crippen LogP contribution is 2.25. The van der Waals surface area contributed by atoms with Crippen molar-refractivity contribution < 1.29 is 9.66 Å². The van der Waals surface area contributed by atoms with Gasteiger partial charge in [0.15, 0.2) is 0 Å². The Labute approximate surface area is 105 Å². The van der Waals surface area contributed by atoms with Crippen molar-refractivity contribution in [1.29, 1.82) is 0 Å². The monoisotopic (exact) mass is 256 g/mol. The molecule has 0 aliphatic rings. The number of nitro groups is 1. The number of anilines is 1. The lowest BCUT2D eigenvalue weighted by Gasteiger charge is -2.08. The number of ether oxygens (including phenoxy) is 1. The van der Waals surface area contributed by atoms with E-state index in [1.165, 1.54) is 12.1 Å². The fraction of sp³-hybridized carbons (Fsp3) is 0.455. The van der Waals surface area contributed by atoms with Gasteiger partial charge in [-0.25, -0.2) is 0 Å². The first-order chi connectivity index (χ1) is 8.17. The number of non-ortho nitro benzene ring substituents is 1.